The third-order valence-electron chi connectivity index (χ3n) is 10.7. The van der Waals surface area contributed by atoms with Crippen molar-refractivity contribution in [3.8, 4) is 0 Å². The Balaban J connectivity index is 2.27. The lowest BCUT2D eigenvalue weighted by molar-refractivity contribution is -0.148. The monoisotopic (exact) mass is 747 g/mol. The summed E-state index contributed by atoms with van der Waals surface area (Å²) in [5.41, 5.74) is 0.776. The van der Waals surface area contributed by atoms with E-state index in [0.717, 1.165) is 5.56 Å². The van der Waals surface area contributed by atoms with Crippen LogP contribution < -0.4 is 10.6 Å². The van der Waals surface area contributed by atoms with E-state index < -0.39 is 72.2 Å². The third-order valence-corrected chi connectivity index (χ3v) is 10.7. The van der Waals surface area contributed by atoms with Gasteiger partial charge in [0.15, 0.2) is 0 Å². The molecule has 1 aromatic carbocycles. The first-order valence-electron chi connectivity index (χ1n) is 18.7. The van der Waals surface area contributed by atoms with Crippen molar-refractivity contribution in [3.63, 3.8) is 0 Å². The highest BCUT2D eigenvalue weighted by Crippen LogP contribution is 2.30. The number of aliphatic hydroxyl groups excluding tert-OH is 1. The number of carboxylic acid groups (broad SMARTS) is 1. The molecule has 0 saturated carbocycles. The molecule has 53 heavy (non-hydrogen) atoms. The fourth-order valence-electron chi connectivity index (χ4n) is 7.52. The second-order valence-electron chi connectivity index (χ2n) is 15.1. The van der Waals surface area contributed by atoms with E-state index in [9.17, 15) is 34.2 Å². The van der Waals surface area contributed by atoms with Crippen molar-refractivity contribution in [1.82, 2.24) is 25.3 Å². The van der Waals surface area contributed by atoms with Gasteiger partial charge in [-0.15, -0.1) is 0 Å². The van der Waals surface area contributed by atoms with Crippen LogP contribution in [0.4, 0.5) is 0 Å². The molecule has 1 aromatic rings. The number of amides is 4. The number of ether oxygens (including phenoxy) is 2. The van der Waals surface area contributed by atoms with Crippen LogP contribution in [-0.2, 0) is 39.9 Å². The number of nitrogens with zero attached hydrogens (tertiary/aromatic N) is 3. The number of carbonyl (C=O) groups is 5. The van der Waals surface area contributed by atoms with Crippen LogP contribution in [0.3, 0.4) is 0 Å². The first kappa shape index (κ1) is 45.6. The van der Waals surface area contributed by atoms with Crippen molar-refractivity contribution in [1.29, 1.82) is 0 Å². The molecule has 0 spiro atoms. The summed E-state index contributed by atoms with van der Waals surface area (Å²) in [5.74, 6) is -3.76. The Hall–Kier alpha value is -3.59. The minimum absolute atomic E-state index is 0.0434. The van der Waals surface area contributed by atoms with E-state index in [4.69, 9.17) is 9.47 Å². The van der Waals surface area contributed by atoms with Gasteiger partial charge in [-0.3, -0.25) is 24.1 Å². The first-order valence-corrected chi connectivity index (χ1v) is 18.7. The molecule has 0 radical (unpaired) electrons. The fourth-order valence-corrected chi connectivity index (χ4v) is 7.52. The van der Waals surface area contributed by atoms with Crippen LogP contribution >= 0.6 is 0 Å². The molecule has 14 heteroatoms. The van der Waals surface area contributed by atoms with E-state index in [-0.39, 0.29) is 36.5 Å². The minimum Gasteiger partial charge on any atom is -0.480 e. The smallest absolute Gasteiger partial charge is 0.326 e. The van der Waals surface area contributed by atoms with E-state index in [1.54, 1.807) is 54.9 Å². The Morgan fingerprint density at radius 1 is 0.943 bits per heavy atom. The number of likely N-dealkylation sites (N-methyl/N-ethyl adjacent to an activating group) is 2. The van der Waals surface area contributed by atoms with Crippen molar-refractivity contribution in [2.45, 2.75) is 122 Å². The number of aliphatic carboxylic acids is 1. The maximum absolute atomic E-state index is 14.1. The maximum Gasteiger partial charge on any atom is 0.326 e. The van der Waals surface area contributed by atoms with E-state index in [1.165, 1.54) is 21.1 Å². The number of hydrogen-bond acceptors (Lipinski definition) is 9. The zero-order valence-electron chi connectivity index (χ0n) is 33.6. The van der Waals surface area contributed by atoms with Crippen molar-refractivity contribution in [3.05, 3.63) is 35.9 Å². The summed E-state index contributed by atoms with van der Waals surface area (Å²) in [6.07, 6.45) is -0.314. The average molecular weight is 748 g/mol. The molecule has 1 aliphatic heterocycles. The molecule has 2 rings (SSSR count). The number of carboxylic acids is 1. The number of hydrogen-bond donors (Lipinski definition) is 4. The molecule has 1 heterocycles. The summed E-state index contributed by atoms with van der Waals surface area (Å²) in [4.78, 5) is 71.9. The van der Waals surface area contributed by atoms with Gasteiger partial charge in [0.25, 0.3) is 0 Å². The first-order chi connectivity index (χ1) is 24.9. The molecule has 1 fully saturated rings. The summed E-state index contributed by atoms with van der Waals surface area (Å²) < 4.78 is 11.8. The standard InChI is InChI=1S/C39H65N5O9/c1-12-24(4)33(43(9)38(49)32(23(2)3)41-37(48)34(26(6)45)42(7)8)30(52-10)22-31(46)44-20-16-19-29(44)35(53-11)25(5)36(47)40-28(39(50)51)21-27-17-14-13-15-18-27/h13-15,17-18,23-26,28-30,32-35,45H,12,16,19-22H2,1-11H3,(H,40,47)(H,41,48)(H,50,51)/t24-,25+,26+,28-,29-,30+,32-,33-,34-,35+/m0/s1. The van der Waals surface area contributed by atoms with Gasteiger partial charge in [-0.05, 0) is 51.3 Å². The second-order valence-corrected chi connectivity index (χ2v) is 15.1. The van der Waals surface area contributed by atoms with Crippen molar-refractivity contribution in [2.24, 2.45) is 17.8 Å². The third kappa shape index (κ3) is 12.2. The highest BCUT2D eigenvalue weighted by atomic mass is 16.5. The van der Waals surface area contributed by atoms with Crippen LogP contribution in [0, 0.1) is 17.8 Å². The van der Waals surface area contributed by atoms with Gasteiger partial charge in [-0.1, -0.05) is 71.4 Å². The average Bonchev–Trinajstić information content (AvgIpc) is 3.59. The van der Waals surface area contributed by atoms with Crippen molar-refractivity contribution in [2.75, 3.05) is 41.9 Å². The lowest BCUT2D eigenvalue weighted by Gasteiger charge is -2.41. The Morgan fingerprint density at radius 3 is 2.06 bits per heavy atom. The molecule has 1 aliphatic rings. The van der Waals surface area contributed by atoms with Gasteiger partial charge in [0.2, 0.25) is 23.6 Å². The van der Waals surface area contributed by atoms with Gasteiger partial charge in [-0.2, -0.15) is 0 Å². The largest absolute Gasteiger partial charge is 0.480 e. The summed E-state index contributed by atoms with van der Waals surface area (Å²) in [5, 5.41) is 25.6. The number of nitrogens with one attached hydrogen (secondary N) is 2. The van der Waals surface area contributed by atoms with E-state index in [2.05, 4.69) is 10.6 Å². The predicted octanol–water partition coefficient (Wildman–Crippen LogP) is 2.17. The predicted molar refractivity (Wildman–Crippen MR) is 202 cm³/mol. The lowest BCUT2D eigenvalue weighted by atomic mass is 9.89. The summed E-state index contributed by atoms with van der Waals surface area (Å²) in [6.45, 7) is 11.3. The lowest BCUT2D eigenvalue weighted by Crippen LogP contribution is -2.60. The zero-order chi connectivity index (χ0) is 40.2. The van der Waals surface area contributed by atoms with E-state index in [0.29, 0.717) is 25.8 Å². The highest BCUT2D eigenvalue weighted by molar-refractivity contribution is 5.90. The number of aliphatic hydroxyl groups is 1. The number of likely N-dealkylation sites (tertiary alicyclic amines) is 1. The SMILES string of the molecule is CC[C@H](C)[C@@H]([C@@H](CC(=O)N1CCC[C@H]1[C@H](OC)[C@@H](C)C(=O)N[C@@H](Cc1ccccc1)C(=O)O)OC)N(C)C(=O)[C@@H](NC(=O)[C@H]([C@@H](C)O)N(C)C)C(C)C. The van der Waals surface area contributed by atoms with Crippen molar-refractivity contribution >= 4 is 29.6 Å². The van der Waals surface area contributed by atoms with Gasteiger partial charge in [0.1, 0.15) is 18.1 Å². The van der Waals surface area contributed by atoms with Crippen LogP contribution in [0.15, 0.2) is 30.3 Å². The molecule has 1 saturated heterocycles. The maximum atomic E-state index is 14.1. The Labute approximate surface area is 315 Å². The number of benzene rings is 1. The highest BCUT2D eigenvalue weighted by Gasteiger charge is 2.43. The van der Waals surface area contributed by atoms with Gasteiger partial charge < -0.3 is 40.1 Å². The molecule has 300 valence electrons. The molecule has 4 N–H and O–H groups in total. The normalized spacial score (nSPS) is 19.7. The van der Waals surface area contributed by atoms with Crippen LogP contribution in [0.5, 0.6) is 0 Å². The number of carbonyl (C=O) groups excluding carboxylic acids is 4. The van der Waals surface area contributed by atoms with Crippen LogP contribution in [-0.4, -0.2) is 145 Å². The van der Waals surface area contributed by atoms with Crippen LogP contribution in [0.25, 0.3) is 0 Å². The molecular formula is C39H65N5O9. The Kier molecular flexibility index (Phi) is 18.3. The molecule has 0 unspecified atom stereocenters. The van der Waals surface area contributed by atoms with E-state index in [1.807, 2.05) is 45.9 Å². The molecule has 0 aliphatic carbocycles. The van der Waals surface area contributed by atoms with Crippen LogP contribution in [0.1, 0.15) is 72.8 Å². The molecule has 14 nitrogen and oxygen atoms in total. The molecule has 4 amide bonds. The minimum atomic E-state index is -1.15. The topological polar surface area (TPSA) is 178 Å². The summed E-state index contributed by atoms with van der Waals surface area (Å²) in [7, 11) is 8.03. The van der Waals surface area contributed by atoms with Gasteiger partial charge >= 0.3 is 5.97 Å². The van der Waals surface area contributed by atoms with E-state index >= 15 is 0 Å². The quantitative estimate of drug-likeness (QED) is 0.146. The Bertz CT molecular complexity index is 1340. The van der Waals surface area contributed by atoms with Crippen LogP contribution in [0.2, 0.25) is 0 Å². The number of rotatable bonds is 21. The van der Waals surface area contributed by atoms with Gasteiger partial charge in [0.05, 0.1) is 42.7 Å². The zero-order valence-corrected chi connectivity index (χ0v) is 33.6. The fraction of sp³-hybridized carbons (Fsp3) is 0.718. The molecule has 0 aromatic heterocycles. The molecular weight excluding hydrogens is 682 g/mol. The number of methoxy groups -OCH3 is 2. The van der Waals surface area contributed by atoms with Crippen molar-refractivity contribution < 1.29 is 43.7 Å². The summed E-state index contributed by atoms with van der Waals surface area (Å²) >= 11 is 0. The summed E-state index contributed by atoms with van der Waals surface area (Å²) in [6, 6.07) is 5.22. The Morgan fingerprint density at radius 2 is 1.57 bits per heavy atom. The second kappa shape index (κ2) is 21.3. The molecule has 10 atom stereocenters. The van der Waals surface area contributed by atoms with Gasteiger partial charge in [-0.25, -0.2) is 4.79 Å². The van der Waals surface area contributed by atoms with Gasteiger partial charge in [0, 0.05) is 34.2 Å². The molecule has 0 bridgehead atoms.